The smallest absolute Gasteiger partial charge is 0.0426 e. The summed E-state index contributed by atoms with van der Waals surface area (Å²) < 4.78 is 0. The molecule has 2 atom stereocenters. The van der Waals surface area contributed by atoms with Crippen molar-refractivity contribution < 1.29 is 0 Å². The highest BCUT2D eigenvalue weighted by Crippen LogP contribution is 2.21. The highest BCUT2D eigenvalue weighted by atomic mass is 32.1. The molecule has 3 N–H and O–H groups in total. The van der Waals surface area contributed by atoms with Gasteiger partial charge in [-0.25, -0.2) is 0 Å². The molecule has 1 aliphatic heterocycles. The molecule has 0 bridgehead atoms. The van der Waals surface area contributed by atoms with Gasteiger partial charge in [0.25, 0.3) is 0 Å². The second-order valence-electron chi connectivity index (χ2n) is 5.86. The Morgan fingerprint density at radius 1 is 1.35 bits per heavy atom. The lowest BCUT2D eigenvalue weighted by Crippen LogP contribution is -2.55. The van der Waals surface area contributed by atoms with Crippen molar-refractivity contribution >= 4 is 11.3 Å². The zero-order valence-electron chi connectivity index (χ0n) is 12.9. The zero-order valence-corrected chi connectivity index (χ0v) is 13.7. The van der Waals surface area contributed by atoms with Crippen LogP contribution in [-0.2, 0) is 12.8 Å². The number of hydrazine groups is 1. The summed E-state index contributed by atoms with van der Waals surface area (Å²) in [5.41, 5.74) is 3.06. The maximum Gasteiger partial charge on any atom is 0.0426 e. The number of hydrogen-bond acceptors (Lipinski definition) is 5. The number of nitrogens with zero attached hydrogens (tertiary/aromatic N) is 2. The van der Waals surface area contributed by atoms with Crippen molar-refractivity contribution in [3.8, 4) is 0 Å². The Bertz CT molecular complexity index is 406. The third-order valence-corrected chi connectivity index (χ3v) is 5.53. The topological polar surface area (TPSA) is 44.5 Å². The van der Waals surface area contributed by atoms with E-state index in [0.29, 0.717) is 12.1 Å². The van der Waals surface area contributed by atoms with Crippen molar-refractivity contribution in [3.05, 3.63) is 21.9 Å². The molecule has 5 heteroatoms. The van der Waals surface area contributed by atoms with E-state index in [1.54, 1.807) is 0 Å². The standard InChI is InChI=1S/C15H28N4S/c1-4-12-6-7-13(20-12)10-14(17-16)15-11-18(2)8-5-9-19(15)3/h6-7,14-15,17H,4-5,8-11,16H2,1-3H3. The Labute approximate surface area is 126 Å². The first kappa shape index (κ1) is 15.9. The largest absolute Gasteiger partial charge is 0.305 e. The second kappa shape index (κ2) is 7.52. The molecule has 2 rings (SSSR count). The number of likely N-dealkylation sites (N-methyl/N-ethyl adjacent to an activating group) is 2. The molecule has 0 radical (unpaired) electrons. The first-order valence-electron chi connectivity index (χ1n) is 7.56. The SMILES string of the molecule is CCc1ccc(CC(NN)C2CN(C)CCCN2C)s1. The van der Waals surface area contributed by atoms with Gasteiger partial charge in [0.05, 0.1) is 0 Å². The monoisotopic (exact) mass is 296 g/mol. The molecule has 0 amide bonds. The highest BCUT2D eigenvalue weighted by Gasteiger charge is 2.28. The summed E-state index contributed by atoms with van der Waals surface area (Å²) in [5, 5.41) is 0. The first-order chi connectivity index (χ1) is 9.63. The molecule has 1 aromatic rings. The number of aryl methyl sites for hydroxylation is 1. The fourth-order valence-electron chi connectivity index (χ4n) is 2.99. The van der Waals surface area contributed by atoms with E-state index >= 15 is 0 Å². The van der Waals surface area contributed by atoms with Gasteiger partial charge in [-0.15, -0.1) is 11.3 Å². The summed E-state index contributed by atoms with van der Waals surface area (Å²) in [7, 11) is 4.43. The Morgan fingerprint density at radius 3 is 2.75 bits per heavy atom. The second-order valence-corrected chi connectivity index (χ2v) is 7.12. The van der Waals surface area contributed by atoms with Crippen LogP contribution in [0, 0.1) is 0 Å². The highest BCUT2D eigenvalue weighted by molar-refractivity contribution is 7.11. The van der Waals surface area contributed by atoms with Crippen LogP contribution in [0.5, 0.6) is 0 Å². The van der Waals surface area contributed by atoms with E-state index in [4.69, 9.17) is 5.84 Å². The lowest BCUT2D eigenvalue weighted by atomic mass is 10.0. The van der Waals surface area contributed by atoms with Gasteiger partial charge in [0.15, 0.2) is 0 Å². The molecule has 1 aliphatic rings. The fraction of sp³-hybridized carbons (Fsp3) is 0.733. The minimum Gasteiger partial charge on any atom is -0.305 e. The first-order valence-corrected chi connectivity index (χ1v) is 8.38. The van der Waals surface area contributed by atoms with Crippen molar-refractivity contribution in [2.24, 2.45) is 5.84 Å². The maximum absolute atomic E-state index is 5.86. The lowest BCUT2D eigenvalue weighted by molar-refractivity contribution is 0.177. The summed E-state index contributed by atoms with van der Waals surface area (Å²) >= 11 is 1.92. The maximum atomic E-state index is 5.86. The molecule has 2 heterocycles. The van der Waals surface area contributed by atoms with Gasteiger partial charge in [-0.05, 0) is 52.2 Å². The van der Waals surface area contributed by atoms with Gasteiger partial charge >= 0.3 is 0 Å². The molecule has 2 unspecified atom stereocenters. The molecule has 1 aromatic heterocycles. The number of rotatable bonds is 5. The number of nitrogens with one attached hydrogen (secondary N) is 1. The minimum absolute atomic E-state index is 0.309. The fourth-order valence-corrected chi connectivity index (χ4v) is 4.00. The Kier molecular flexibility index (Phi) is 5.99. The predicted molar refractivity (Wildman–Crippen MR) is 87.0 cm³/mol. The Morgan fingerprint density at radius 2 is 2.10 bits per heavy atom. The van der Waals surface area contributed by atoms with Gasteiger partial charge in [-0.3, -0.25) is 11.3 Å². The predicted octanol–water partition coefficient (Wildman–Crippen LogP) is 1.32. The number of thiophene rings is 1. The van der Waals surface area contributed by atoms with Crippen LogP contribution < -0.4 is 11.3 Å². The summed E-state index contributed by atoms with van der Waals surface area (Å²) in [6, 6.07) is 5.29. The molecule has 0 aromatic carbocycles. The van der Waals surface area contributed by atoms with Crippen LogP contribution in [0.15, 0.2) is 12.1 Å². The van der Waals surface area contributed by atoms with Gasteiger partial charge in [-0.2, -0.15) is 0 Å². The number of nitrogens with two attached hydrogens (primary N) is 1. The van der Waals surface area contributed by atoms with Gasteiger partial charge in [-0.1, -0.05) is 6.92 Å². The number of hydrogen-bond donors (Lipinski definition) is 2. The molecule has 1 fully saturated rings. The van der Waals surface area contributed by atoms with E-state index in [1.807, 2.05) is 11.3 Å². The molecule has 0 saturated carbocycles. The molecule has 1 saturated heterocycles. The third-order valence-electron chi connectivity index (χ3n) is 4.28. The Hall–Kier alpha value is -0.460. The van der Waals surface area contributed by atoms with Gasteiger partial charge < -0.3 is 9.80 Å². The summed E-state index contributed by atoms with van der Waals surface area (Å²) in [5.74, 6) is 5.86. The van der Waals surface area contributed by atoms with Crippen molar-refractivity contribution in [2.45, 2.75) is 38.3 Å². The van der Waals surface area contributed by atoms with Crippen LogP contribution in [-0.4, -0.2) is 55.6 Å². The van der Waals surface area contributed by atoms with E-state index in [9.17, 15) is 0 Å². The van der Waals surface area contributed by atoms with E-state index in [0.717, 1.165) is 25.9 Å². The van der Waals surface area contributed by atoms with Crippen molar-refractivity contribution in [3.63, 3.8) is 0 Å². The van der Waals surface area contributed by atoms with Crippen LogP contribution in [0.2, 0.25) is 0 Å². The van der Waals surface area contributed by atoms with E-state index in [1.165, 1.54) is 22.7 Å². The minimum atomic E-state index is 0.309. The van der Waals surface area contributed by atoms with E-state index < -0.39 is 0 Å². The molecule has 0 spiro atoms. The molecular weight excluding hydrogens is 268 g/mol. The normalized spacial score (nSPS) is 23.7. The third kappa shape index (κ3) is 4.02. The van der Waals surface area contributed by atoms with Crippen molar-refractivity contribution in [1.82, 2.24) is 15.2 Å². The van der Waals surface area contributed by atoms with Crippen molar-refractivity contribution in [2.75, 3.05) is 33.7 Å². The molecule has 4 nitrogen and oxygen atoms in total. The van der Waals surface area contributed by atoms with Gasteiger partial charge in [0.1, 0.15) is 0 Å². The molecule has 20 heavy (non-hydrogen) atoms. The summed E-state index contributed by atoms with van der Waals surface area (Å²) in [6.07, 6.45) is 3.38. The quantitative estimate of drug-likeness (QED) is 0.635. The Balaban J connectivity index is 2.05. The summed E-state index contributed by atoms with van der Waals surface area (Å²) in [6.45, 7) is 5.62. The van der Waals surface area contributed by atoms with Gasteiger partial charge in [0.2, 0.25) is 0 Å². The average Bonchev–Trinajstić information content (AvgIpc) is 2.83. The summed E-state index contributed by atoms with van der Waals surface area (Å²) in [4.78, 5) is 7.78. The van der Waals surface area contributed by atoms with Crippen LogP contribution >= 0.6 is 11.3 Å². The van der Waals surface area contributed by atoms with Crippen LogP contribution in [0.25, 0.3) is 0 Å². The van der Waals surface area contributed by atoms with Crippen LogP contribution in [0.3, 0.4) is 0 Å². The molecule has 114 valence electrons. The molecular formula is C15H28N4S. The van der Waals surface area contributed by atoms with E-state index in [-0.39, 0.29) is 0 Å². The van der Waals surface area contributed by atoms with Crippen molar-refractivity contribution in [1.29, 1.82) is 0 Å². The lowest BCUT2D eigenvalue weighted by Gasteiger charge is -2.34. The van der Waals surface area contributed by atoms with Crippen LogP contribution in [0.4, 0.5) is 0 Å². The average molecular weight is 296 g/mol. The van der Waals surface area contributed by atoms with Crippen LogP contribution in [0.1, 0.15) is 23.1 Å². The molecule has 0 aliphatic carbocycles. The van der Waals surface area contributed by atoms with E-state index in [2.05, 4.69) is 48.4 Å². The zero-order chi connectivity index (χ0) is 14.5. The van der Waals surface area contributed by atoms with Gasteiger partial charge in [0, 0.05) is 34.8 Å².